The zero-order chi connectivity index (χ0) is 19.7. The Morgan fingerprint density at radius 3 is 2.57 bits per heavy atom. The van der Waals surface area contributed by atoms with Crippen LogP contribution in [0.25, 0.3) is 22.4 Å². The van der Waals surface area contributed by atoms with Gasteiger partial charge >= 0.3 is 0 Å². The molecule has 0 saturated carbocycles. The summed E-state index contributed by atoms with van der Waals surface area (Å²) in [5.74, 6) is 0.725. The standard InChI is InChI=1S/C19H13Cl2N5O2/c1-28-14-5-4-11(19(27)26-16-12(20)8-23-9-13(16)21)15-17(14)25-18(24-15)10-3-2-6-22-7-10/h2-9H,1H3,(H,24,25)(H,23,26,27). The molecule has 0 saturated heterocycles. The van der Waals surface area contributed by atoms with Gasteiger partial charge in [0.25, 0.3) is 5.91 Å². The van der Waals surface area contributed by atoms with E-state index in [-0.39, 0.29) is 15.7 Å². The maximum atomic E-state index is 12.9. The molecule has 4 aromatic rings. The highest BCUT2D eigenvalue weighted by Crippen LogP contribution is 2.32. The predicted molar refractivity (Wildman–Crippen MR) is 108 cm³/mol. The first-order valence-corrected chi connectivity index (χ1v) is 8.91. The van der Waals surface area contributed by atoms with Crippen LogP contribution >= 0.6 is 23.2 Å². The SMILES string of the molecule is COc1ccc(C(=O)Nc2c(Cl)cncc2Cl)c2nc(-c3cccnc3)[nH]c12. The summed E-state index contributed by atoms with van der Waals surface area (Å²) < 4.78 is 5.40. The van der Waals surface area contributed by atoms with Gasteiger partial charge in [0.15, 0.2) is 0 Å². The van der Waals surface area contributed by atoms with Crippen molar-refractivity contribution >= 4 is 45.8 Å². The van der Waals surface area contributed by atoms with E-state index in [1.165, 1.54) is 12.4 Å². The van der Waals surface area contributed by atoms with Crippen LogP contribution in [0.1, 0.15) is 10.4 Å². The van der Waals surface area contributed by atoms with Crippen LogP contribution in [-0.2, 0) is 0 Å². The fourth-order valence-corrected chi connectivity index (χ4v) is 3.23. The van der Waals surface area contributed by atoms with Crippen molar-refractivity contribution in [1.29, 1.82) is 0 Å². The smallest absolute Gasteiger partial charge is 0.258 e. The Kier molecular flexibility index (Phi) is 4.85. The largest absolute Gasteiger partial charge is 0.494 e. The number of rotatable bonds is 4. The number of fused-ring (bicyclic) bond motifs is 1. The van der Waals surface area contributed by atoms with Crippen LogP contribution in [0.4, 0.5) is 5.69 Å². The van der Waals surface area contributed by atoms with Gasteiger partial charge in [-0.1, -0.05) is 23.2 Å². The number of hydrogen-bond acceptors (Lipinski definition) is 5. The number of carbonyl (C=O) groups excluding carboxylic acids is 1. The Labute approximate surface area is 169 Å². The first-order chi connectivity index (χ1) is 13.6. The van der Waals surface area contributed by atoms with E-state index in [9.17, 15) is 4.79 Å². The lowest BCUT2D eigenvalue weighted by atomic mass is 10.1. The van der Waals surface area contributed by atoms with Crippen LogP contribution in [0, 0.1) is 0 Å². The molecule has 0 bridgehead atoms. The molecular weight excluding hydrogens is 401 g/mol. The fraction of sp³-hybridized carbons (Fsp3) is 0.0526. The number of halogens is 2. The van der Waals surface area contributed by atoms with Gasteiger partial charge in [0.05, 0.1) is 28.4 Å². The number of imidazole rings is 1. The molecule has 1 amide bonds. The highest BCUT2D eigenvalue weighted by atomic mass is 35.5. The number of aromatic amines is 1. The summed E-state index contributed by atoms with van der Waals surface area (Å²) in [5.41, 5.74) is 2.46. The summed E-state index contributed by atoms with van der Waals surface area (Å²) in [6.07, 6.45) is 6.16. The third kappa shape index (κ3) is 3.26. The molecule has 140 valence electrons. The molecule has 0 aliphatic carbocycles. The lowest BCUT2D eigenvalue weighted by molar-refractivity contribution is 0.102. The van der Waals surface area contributed by atoms with Crippen LogP contribution in [0.3, 0.4) is 0 Å². The maximum Gasteiger partial charge on any atom is 0.258 e. The summed E-state index contributed by atoms with van der Waals surface area (Å²) in [5, 5.41) is 3.20. The summed E-state index contributed by atoms with van der Waals surface area (Å²) in [4.78, 5) is 28.7. The van der Waals surface area contributed by atoms with E-state index in [2.05, 4.69) is 25.3 Å². The van der Waals surface area contributed by atoms with E-state index in [0.29, 0.717) is 28.2 Å². The quantitative estimate of drug-likeness (QED) is 0.510. The molecular formula is C19H13Cl2N5O2. The Balaban J connectivity index is 1.81. The lowest BCUT2D eigenvalue weighted by Gasteiger charge is -2.10. The minimum atomic E-state index is -0.410. The number of aromatic nitrogens is 4. The second kappa shape index (κ2) is 7.46. The maximum absolute atomic E-state index is 12.9. The third-order valence-electron chi connectivity index (χ3n) is 4.10. The zero-order valence-corrected chi connectivity index (χ0v) is 16.0. The highest BCUT2D eigenvalue weighted by molar-refractivity contribution is 6.39. The van der Waals surface area contributed by atoms with E-state index < -0.39 is 5.91 Å². The van der Waals surface area contributed by atoms with Crippen LogP contribution in [-0.4, -0.2) is 33.0 Å². The molecule has 0 aliphatic heterocycles. The number of amides is 1. The summed E-state index contributed by atoms with van der Waals surface area (Å²) in [6, 6.07) is 7.00. The van der Waals surface area contributed by atoms with Crippen molar-refractivity contribution in [3.8, 4) is 17.1 Å². The number of pyridine rings is 2. The Bertz CT molecular complexity index is 1160. The number of hydrogen-bond donors (Lipinski definition) is 2. The van der Waals surface area contributed by atoms with E-state index in [4.69, 9.17) is 27.9 Å². The Hall–Kier alpha value is -3.16. The molecule has 0 atom stereocenters. The number of H-pyrrole nitrogens is 1. The van der Waals surface area contributed by atoms with Gasteiger partial charge in [-0.3, -0.25) is 14.8 Å². The summed E-state index contributed by atoms with van der Waals surface area (Å²) in [6.45, 7) is 0. The van der Waals surface area contributed by atoms with Crippen LogP contribution < -0.4 is 10.1 Å². The van der Waals surface area contributed by atoms with Gasteiger partial charge in [0, 0.05) is 30.4 Å². The monoisotopic (exact) mass is 413 g/mol. The van der Waals surface area contributed by atoms with Gasteiger partial charge in [-0.25, -0.2) is 4.98 Å². The molecule has 1 aromatic carbocycles. The molecule has 0 radical (unpaired) electrons. The van der Waals surface area contributed by atoms with Crippen molar-refractivity contribution in [2.24, 2.45) is 0 Å². The minimum absolute atomic E-state index is 0.240. The first kappa shape index (κ1) is 18.2. The van der Waals surface area contributed by atoms with E-state index in [1.54, 1.807) is 37.7 Å². The van der Waals surface area contributed by atoms with Crippen molar-refractivity contribution < 1.29 is 9.53 Å². The number of methoxy groups -OCH3 is 1. The van der Waals surface area contributed by atoms with Crippen molar-refractivity contribution in [2.75, 3.05) is 12.4 Å². The van der Waals surface area contributed by atoms with E-state index in [1.807, 2.05) is 6.07 Å². The van der Waals surface area contributed by atoms with Crippen LogP contribution in [0.2, 0.25) is 10.0 Å². The number of nitrogens with one attached hydrogen (secondary N) is 2. The number of ether oxygens (including phenoxy) is 1. The van der Waals surface area contributed by atoms with Crippen LogP contribution in [0.5, 0.6) is 5.75 Å². The molecule has 4 rings (SSSR count). The average Bonchev–Trinajstić information content (AvgIpc) is 3.16. The number of carbonyl (C=O) groups is 1. The number of benzene rings is 1. The second-order valence-electron chi connectivity index (χ2n) is 5.80. The lowest BCUT2D eigenvalue weighted by Crippen LogP contribution is -2.13. The van der Waals surface area contributed by atoms with Gasteiger partial charge in [-0.2, -0.15) is 0 Å². The molecule has 3 heterocycles. The van der Waals surface area contributed by atoms with Crippen LogP contribution in [0.15, 0.2) is 49.1 Å². The molecule has 7 nitrogen and oxygen atoms in total. The molecule has 9 heteroatoms. The normalized spacial score (nSPS) is 10.8. The van der Waals surface area contributed by atoms with E-state index >= 15 is 0 Å². The second-order valence-corrected chi connectivity index (χ2v) is 6.61. The average molecular weight is 414 g/mol. The number of anilines is 1. The van der Waals surface area contributed by atoms with Crippen molar-refractivity contribution in [3.63, 3.8) is 0 Å². The van der Waals surface area contributed by atoms with Gasteiger partial charge in [0.2, 0.25) is 0 Å². The Morgan fingerprint density at radius 1 is 1.11 bits per heavy atom. The molecule has 3 aromatic heterocycles. The fourth-order valence-electron chi connectivity index (χ4n) is 2.77. The molecule has 0 aliphatic rings. The molecule has 0 unspecified atom stereocenters. The topological polar surface area (TPSA) is 92.8 Å². The minimum Gasteiger partial charge on any atom is -0.494 e. The van der Waals surface area contributed by atoms with Gasteiger partial charge in [0.1, 0.15) is 22.6 Å². The van der Waals surface area contributed by atoms with Crippen molar-refractivity contribution in [2.45, 2.75) is 0 Å². The third-order valence-corrected chi connectivity index (χ3v) is 4.67. The highest BCUT2D eigenvalue weighted by Gasteiger charge is 2.19. The van der Waals surface area contributed by atoms with Crippen molar-refractivity contribution in [3.05, 3.63) is 64.7 Å². The summed E-state index contributed by atoms with van der Waals surface area (Å²) in [7, 11) is 1.55. The molecule has 2 N–H and O–H groups in total. The van der Waals surface area contributed by atoms with Gasteiger partial charge in [-0.05, 0) is 24.3 Å². The zero-order valence-electron chi connectivity index (χ0n) is 14.5. The molecule has 0 fully saturated rings. The van der Waals surface area contributed by atoms with Crippen molar-refractivity contribution in [1.82, 2.24) is 19.9 Å². The number of nitrogens with zero attached hydrogens (tertiary/aromatic N) is 3. The first-order valence-electron chi connectivity index (χ1n) is 8.16. The predicted octanol–water partition coefficient (Wildman–Crippen LogP) is 4.59. The molecule has 28 heavy (non-hydrogen) atoms. The molecule has 0 spiro atoms. The van der Waals surface area contributed by atoms with E-state index in [0.717, 1.165) is 5.56 Å². The van der Waals surface area contributed by atoms with Gasteiger partial charge in [-0.15, -0.1) is 0 Å². The Morgan fingerprint density at radius 2 is 1.89 bits per heavy atom. The van der Waals surface area contributed by atoms with Gasteiger partial charge < -0.3 is 15.0 Å². The summed E-state index contributed by atoms with van der Waals surface area (Å²) >= 11 is 12.2.